The van der Waals surface area contributed by atoms with Gasteiger partial charge in [-0.15, -0.1) is 11.3 Å². The van der Waals surface area contributed by atoms with Crippen LogP contribution < -0.4 is 11.1 Å². The highest BCUT2D eigenvalue weighted by molar-refractivity contribution is 7.14. The second-order valence-corrected chi connectivity index (χ2v) is 5.95. The smallest absolute Gasteiger partial charge is 0.261 e. The fraction of sp³-hybridized carbons (Fsp3) is 0.533. The summed E-state index contributed by atoms with van der Waals surface area (Å²) in [7, 11) is 0. The number of thiophene rings is 1. The third kappa shape index (κ3) is 4.07. The molecule has 1 aromatic rings. The Bertz CT molecular complexity index is 522. The van der Waals surface area contributed by atoms with Crippen LogP contribution in [-0.4, -0.2) is 32.2 Å². The normalized spacial score (nSPS) is 15.5. The number of amides is 1. The van der Waals surface area contributed by atoms with Gasteiger partial charge in [0.15, 0.2) is 0 Å². The lowest BCUT2D eigenvalue weighted by atomic mass is 10.0. The maximum absolute atomic E-state index is 12.1. The van der Waals surface area contributed by atoms with Crippen LogP contribution in [0.3, 0.4) is 0 Å². The summed E-state index contributed by atoms with van der Waals surface area (Å²) in [5.74, 6) is 6.35. The van der Waals surface area contributed by atoms with Gasteiger partial charge >= 0.3 is 0 Å². The van der Waals surface area contributed by atoms with Crippen molar-refractivity contribution in [2.75, 3.05) is 26.3 Å². The highest BCUT2D eigenvalue weighted by atomic mass is 32.1. The number of hydrogen-bond donors (Lipinski definition) is 2. The molecule has 1 aromatic heterocycles. The van der Waals surface area contributed by atoms with Crippen LogP contribution in [0, 0.1) is 24.7 Å². The van der Waals surface area contributed by atoms with Gasteiger partial charge < -0.3 is 15.8 Å². The Hall–Kier alpha value is -1.35. The van der Waals surface area contributed by atoms with Gasteiger partial charge in [-0.3, -0.25) is 4.79 Å². The average molecular weight is 292 g/mol. The van der Waals surface area contributed by atoms with Gasteiger partial charge in [0, 0.05) is 19.8 Å². The van der Waals surface area contributed by atoms with Crippen molar-refractivity contribution >= 4 is 17.2 Å². The molecule has 3 N–H and O–H groups in total. The quantitative estimate of drug-likeness (QED) is 0.830. The SMILES string of the molecule is Cc1cc(C(=O)NCC2CCOCC2)sc1C#CCN. The Kier molecular flexibility index (Phi) is 5.60. The van der Waals surface area contributed by atoms with Crippen LogP contribution in [0.4, 0.5) is 0 Å². The first kappa shape index (κ1) is 15.0. The summed E-state index contributed by atoms with van der Waals surface area (Å²) in [4.78, 5) is 13.8. The van der Waals surface area contributed by atoms with Crippen LogP contribution >= 0.6 is 11.3 Å². The molecule has 2 heterocycles. The molecule has 0 bridgehead atoms. The Balaban J connectivity index is 1.91. The van der Waals surface area contributed by atoms with Crippen molar-refractivity contribution in [2.45, 2.75) is 19.8 Å². The summed E-state index contributed by atoms with van der Waals surface area (Å²) < 4.78 is 5.31. The molecular formula is C15H20N2O2S. The van der Waals surface area contributed by atoms with Gasteiger partial charge in [-0.05, 0) is 37.3 Å². The minimum Gasteiger partial charge on any atom is -0.381 e. The number of ether oxygens (including phenoxy) is 1. The predicted octanol–water partition coefficient (Wildman–Crippen LogP) is 1.52. The van der Waals surface area contributed by atoms with Crippen LogP contribution in [0.25, 0.3) is 0 Å². The van der Waals surface area contributed by atoms with E-state index >= 15 is 0 Å². The predicted molar refractivity (Wildman–Crippen MR) is 80.9 cm³/mol. The first-order valence-electron chi connectivity index (χ1n) is 6.86. The van der Waals surface area contributed by atoms with E-state index in [9.17, 15) is 4.79 Å². The van der Waals surface area contributed by atoms with Gasteiger partial charge in [0.1, 0.15) is 0 Å². The zero-order valence-electron chi connectivity index (χ0n) is 11.7. The first-order chi connectivity index (χ1) is 9.70. The lowest BCUT2D eigenvalue weighted by molar-refractivity contribution is 0.0643. The van der Waals surface area contributed by atoms with E-state index in [-0.39, 0.29) is 5.91 Å². The molecule has 0 unspecified atom stereocenters. The third-order valence-electron chi connectivity index (χ3n) is 3.34. The molecule has 108 valence electrons. The Morgan fingerprint density at radius 1 is 1.55 bits per heavy atom. The molecule has 1 fully saturated rings. The minimum atomic E-state index is -0.00890. The molecule has 1 aliphatic rings. The maximum atomic E-state index is 12.1. The number of hydrogen-bond acceptors (Lipinski definition) is 4. The van der Waals surface area contributed by atoms with Crippen molar-refractivity contribution in [2.24, 2.45) is 11.7 Å². The van der Waals surface area contributed by atoms with Gasteiger partial charge in [0.05, 0.1) is 16.3 Å². The van der Waals surface area contributed by atoms with Gasteiger partial charge in [-0.25, -0.2) is 0 Å². The first-order valence-corrected chi connectivity index (χ1v) is 7.67. The molecule has 4 nitrogen and oxygen atoms in total. The highest BCUT2D eigenvalue weighted by Gasteiger charge is 2.16. The van der Waals surface area contributed by atoms with Crippen LogP contribution in [0.2, 0.25) is 0 Å². The second kappa shape index (κ2) is 7.44. The van der Waals surface area contributed by atoms with Crippen molar-refractivity contribution in [3.05, 3.63) is 21.4 Å². The number of rotatable bonds is 3. The number of nitrogens with one attached hydrogen (secondary N) is 1. The molecule has 0 atom stereocenters. The summed E-state index contributed by atoms with van der Waals surface area (Å²) >= 11 is 1.43. The molecule has 1 amide bonds. The van der Waals surface area contributed by atoms with E-state index in [1.807, 2.05) is 13.0 Å². The van der Waals surface area contributed by atoms with E-state index < -0.39 is 0 Å². The third-order valence-corrected chi connectivity index (χ3v) is 4.49. The molecule has 0 aromatic carbocycles. The van der Waals surface area contributed by atoms with Crippen LogP contribution in [0.1, 0.15) is 33.0 Å². The maximum Gasteiger partial charge on any atom is 0.261 e. The topological polar surface area (TPSA) is 64.3 Å². The molecule has 0 spiro atoms. The number of nitrogens with two attached hydrogens (primary N) is 1. The second-order valence-electron chi connectivity index (χ2n) is 4.89. The molecule has 5 heteroatoms. The van der Waals surface area contributed by atoms with E-state index in [1.165, 1.54) is 11.3 Å². The zero-order chi connectivity index (χ0) is 14.4. The van der Waals surface area contributed by atoms with Gasteiger partial charge in [0.25, 0.3) is 5.91 Å². The minimum absolute atomic E-state index is 0.00890. The van der Waals surface area contributed by atoms with Crippen molar-refractivity contribution in [1.29, 1.82) is 0 Å². The fourth-order valence-corrected chi connectivity index (χ4v) is 3.09. The van der Waals surface area contributed by atoms with E-state index in [0.29, 0.717) is 12.5 Å². The Labute approximate surface area is 123 Å². The van der Waals surface area contributed by atoms with E-state index in [2.05, 4.69) is 17.2 Å². The number of aryl methyl sites for hydroxylation is 1. The lowest BCUT2D eigenvalue weighted by Gasteiger charge is -2.21. The van der Waals surface area contributed by atoms with E-state index in [4.69, 9.17) is 10.5 Å². The van der Waals surface area contributed by atoms with Gasteiger partial charge in [-0.2, -0.15) is 0 Å². The summed E-state index contributed by atoms with van der Waals surface area (Å²) in [5.41, 5.74) is 6.40. The molecule has 2 rings (SSSR count). The van der Waals surface area contributed by atoms with Crippen LogP contribution in [0.15, 0.2) is 6.07 Å². The fourth-order valence-electron chi connectivity index (χ4n) is 2.12. The summed E-state index contributed by atoms with van der Waals surface area (Å²) in [5, 5.41) is 3.01. The molecule has 1 saturated heterocycles. The molecule has 0 saturated carbocycles. The van der Waals surface area contributed by atoms with Crippen molar-refractivity contribution < 1.29 is 9.53 Å². The molecular weight excluding hydrogens is 272 g/mol. The molecule has 20 heavy (non-hydrogen) atoms. The zero-order valence-corrected chi connectivity index (χ0v) is 12.5. The highest BCUT2D eigenvalue weighted by Crippen LogP contribution is 2.21. The largest absolute Gasteiger partial charge is 0.381 e. The Morgan fingerprint density at radius 3 is 3.00 bits per heavy atom. The van der Waals surface area contributed by atoms with Gasteiger partial charge in [-0.1, -0.05) is 11.8 Å². The number of carbonyl (C=O) groups is 1. The van der Waals surface area contributed by atoms with Gasteiger partial charge in [0.2, 0.25) is 0 Å². The summed E-state index contributed by atoms with van der Waals surface area (Å²) in [6, 6.07) is 1.89. The van der Waals surface area contributed by atoms with E-state index in [1.54, 1.807) is 0 Å². The molecule has 1 aliphatic heterocycles. The van der Waals surface area contributed by atoms with Crippen LogP contribution in [-0.2, 0) is 4.74 Å². The molecule has 0 aliphatic carbocycles. The summed E-state index contributed by atoms with van der Waals surface area (Å²) in [6.45, 7) is 4.63. The van der Waals surface area contributed by atoms with E-state index in [0.717, 1.165) is 47.9 Å². The number of carbonyl (C=O) groups excluding carboxylic acids is 1. The van der Waals surface area contributed by atoms with Crippen molar-refractivity contribution in [3.8, 4) is 11.8 Å². The molecule has 0 radical (unpaired) electrons. The monoisotopic (exact) mass is 292 g/mol. The average Bonchev–Trinajstić information content (AvgIpc) is 2.85. The van der Waals surface area contributed by atoms with Crippen molar-refractivity contribution in [1.82, 2.24) is 5.32 Å². The van der Waals surface area contributed by atoms with Crippen molar-refractivity contribution in [3.63, 3.8) is 0 Å². The Morgan fingerprint density at radius 2 is 2.30 bits per heavy atom. The lowest BCUT2D eigenvalue weighted by Crippen LogP contribution is -2.31. The summed E-state index contributed by atoms with van der Waals surface area (Å²) in [6.07, 6.45) is 2.05. The standard InChI is InChI=1S/C15H20N2O2S/c1-11-9-14(20-13(11)3-2-6-16)15(18)17-10-12-4-7-19-8-5-12/h9,12H,4-8,10,16H2,1H3,(H,17,18). The van der Waals surface area contributed by atoms with Crippen LogP contribution in [0.5, 0.6) is 0 Å².